The van der Waals surface area contributed by atoms with Crippen LogP contribution in [0.5, 0.6) is 0 Å². The summed E-state index contributed by atoms with van der Waals surface area (Å²) in [6, 6.07) is 8.04. The van der Waals surface area contributed by atoms with Crippen LogP contribution in [-0.4, -0.2) is 16.5 Å². The largest absolute Gasteiger partial charge is 0.384 e. The molecule has 1 aromatic rings. The molecule has 0 amide bonds. The average molecular weight is 284 g/mol. The van der Waals surface area contributed by atoms with E-state index in [4.69, 9.17) is 0 Å². The van der Waals surface area contributed by atoms with Crippen molar-refractivity contribution in [3.63, 3.8) is 0 Å². The summed E-state index contributed by atoms with van der Waals surface area (Å²) in [5, 5.41) is 10.9. The lowest BCUT2D eigenvalue weighted by Gasteiger charge is -2.42. The van der Waals surface area contributed by atoms with E-state index >= 15 is 0 Å². The van der Waals surface area contributed by atoms with Crippen LogP contribution >= 0.6 is 0 Å². The number of allylic oxidation sites excluding steroid dienone is 2. The molecule has 0 fully saturated rings. The highest BCUT2D eigenvalue weighted by Crippen LogP contribution is 2.42. The summed E-state index contributed by atoms with van der Waals surface area (Å²) < 4.78 is 0. The Morgan fingerprint density at radius 1 is 1.14 bits per heavy atom. The summed E-state index contributed by atoms with van der Waals surface area (Å²) in [6.07, 6.45) is 7.58. The Balaban J connectivity index is 2.59. The molecule has 0 saturated carbocycles. The molecule has 1 aromatic carbocycles. The van der Waals surface area contributed by atoms with Crippen molar-refractivity contribution < 1.29 is 9.90 Å². The van der Waals surface area contributed by atoms with Gasteiger partial charge in [0.15, 0.2) is 0 Å². The molecule has 0 spiro atoms. The summed E-state index contributed by atoms with van der Waals surface area (Å²) in [5.74, 6) is 0.476. The molecule has 0 heterocycles. The number of hydrogen-bond acceptors (Lipinski definition) is 2. The maximum absolute atomic E-state index is 12.7. The predicted octanol–water partition coefficient (Wildman–Crippen LogP) is 3.90. The SMILES string of the molecule is CCC(=O)C1(c2ccc(C(C)C)cc2)C=CC=CC1(C)O. The first-order chi connectivity index (χ1) is 9.85. The van der Waals surface area contributed by atoms with Gasteiger partial charge in [0, 0.05) is 6.42 Å². The molecule has 1 aliphatic carbocycles. The maximum Gasteiger partial charge on any atom is 0.150 e. The minimum absolute atomic E-state index is 0.0328. The van der Waals surface area contributed by atoms with E-state index in [1.165, 1.54) is 5.56 Å². The molecule has 2 heteroatoms. The molecule has 0 aromatic heterocycles. The van der Waals surface area contributed by atoms with Gasteiger partial charge in [-0.2, -0.15) is 0 Å². The molecule has 21 heavy (non-hydrogen) atoms. The number of carbonyl (C=O) groups is 1. The minimum Gasteiger partial charge on any atom is -0.384 e. The molecule has 1 aliphatic rings. The first-order valence-corrected chi connectivity index (χ1v) is 7.58. The average Bonchev–Trinajstić information content (AvgIpc) is 2.46. The van der Waals surface area contributed by atoms with Gasteiger partial charge in [-0.3, -0.25) is 4.79 Å². The van der Waals surface area contributed by atoms with Crippen LogP contribution in [0.1, 0.15) is 51.2 Å². The van der Waals surface area contributed by atoms with E-state index in [-0.39, 0.29) is 5.78 Å². The van der Waals surface area contributed by atoms with Crippen LogP contribution in [0.15, 0.2) is 48.6 Å². The third-order valence-electron chi connectivity index (χ3n) is 4.47. The second kappa shape index (κ2) is 5.61. The summed E-state index contributed by atoms with van der Waals surface area (Å²) in [6.45, 7) is 7.83. The monoisotopic (exact) mass is 284 g/mol. The van der Waals surface area contributed by atoms with Crippen LogP contribution in [-0.2, 0) is 10.2 Å². The fraction of sp³-hybridized carbons (Fsp3) is 0.421. The standard InChI is InChI=1S/C19H24O2/c1-5-17(20)19(13-7-6-12-18(19,4)21)16-10-8-15(9-11-16)14(2)3/h6-14,21H,5H2,1-4H3. The zero-order chi connectivity index (χ0) is 15.7. The van der Waals surface area contributed by atoms with Crippen LogP contribution in [0.2, 0.25) is 0 Å². The highest BCUT2D eigenvalue weighted by Gasteiger charge is 2.50. The Labute approximate surface area is 127 Å². The van der Waals surface area contributed by atoms with Gasteiger partial charge in [0.1, 0.15) is 16.8 Å². The lowest BCUT2D eigenvalue weighted by Crippen LogP contribution is -2.53. The molecule has 0 saturated heterocycles. The van der Waals surface area contributed by atoms with Crippen LogP contribution < -0.4 is 0 Å². The van der Waals surface area contributed by atoms with Gasteiger partial charge in [-0.05, 0) is 24.0 Å². The Bertz CT molecular complexity index is 576. The molecule has 2 atom stereocenters. The zero-order valence-electron chi connectivity index (χ0n) is 13.3. The van der Waals surface area contributed by atoms with E-state index in [0.717, 1.165) is 5.56 Å². The van der Waals surface area contributed by atoms with Gasteiger partial charge in [0.05, 0.1) is 0 Å². The number of aliphatic hydroxyl groups is 1. The number of rotatable bonds is 4. The van der Waals surface area contributed by atoms with Crippen molar-refractivity contribution in [1.82, 2.24) is 0 Å². The second-order valence-electron chi connectivity index (χ2n) is 6.23. The number of benzene rings is 1. The molecular formula is C19H24O2. The lowest BCUT2D eigenvalue weighted by molar-refractivity contribution is -0.128. The van der Waals surface area contributed by atoms with Crippen LogP contribution in [0.25, 0.3) is 0 Å². The highest BCUT2D eigenvalue weighted by molar-refractivity contribution is 5.94. The predicted molar refractivity (Wildman–Crippen MR) is 86.4 cm³/mol. The molecule has 2 unspecified atom stereocenters. The van der Waals surface area contributed by atoms with Crippen molar-refractivity contribution in [2.45, 2.75) is 51.0 Å². The zero-order valence-corrected chi connectivity index (χ0v) is 13.3. The normalized spacial score (nSPS) is 28.1. The van der Waals surface area contributed by atoms with Crippen LogP contribution in [0.3, 0.4) is 0 Å². The molecule has 0 radical (unpaired) electrons. The van der Waals surface area contributed by atoms with E-state index in [2.05, 4.69) is 13.8 Å². The molecule has 2 nitrogen and oxygen atoms in total. The van der Waals surface area contributed by atoms with Crippen molar-refractivity contribution in [1.29, 1.82) is 0 Å². The molecule has 0 bridgehead atoms. The summed E-state index contributed by atoms with van der Waals surface area (Å²) in [5.41, 5.74) is -0.127. The Kier molecular flexibility index (Phi) is 4.20. The number of ketones is 1. The van der Waals surface area contributed by atoms with E-state index < -0.39 is 11.0 Å². The fourth-order valence-corrected chi connectivity index (χ4v) is 3.08. The van der Waals surface area contributed by atoms with Crippen molar-refractivity contribution in [3.8, 4) is 0 Å². The van der Waals surface area contributed by atoms with Gasteiger partial charge in [-0.15, -0.1) is 0 Å². The third-order valence-corrected chi connectivity index (χ3v) is 4.47. The molecule has 2 rings (SSSR count). The van der Waals surface area contributed by atoms with Crippen molar-refractivity contribution >= 4 is 5.78 Å². The van der Waals surface area contributed by atoms with Gasteiger partial charge in [-0.25, -0.2) is 0 Å². The fourth-order valence-electron chi connectivity index (χ4n) is 3.08. The van der Waals surface area contributed by atoms with Crippen LogP contribution in [0, 0.1) is 0 Å². The van der Waals surface area contributed by atoms with Gasteiger partial charge >= 0.3 is 0 Å². The lowest BCUT2D eigenvalue weighted by atomic mass is 9.62. The molecule has 1 N–H and O–H groups in total. The first kappa shape index (κ1) is 15.7. The van der Waals surface area contributed by atoms with Gasteiger partial charge < -0.3 is 5.11 Å². The summed E-state index contributed by atoms with van der Waals surface area (Å²) >= 11 is 0. The van der Waals surface area contributed by atoms with E-state index in [1.54, 1.807) is 19.1 Å². The van der Waals surface area contributed by atoms with E-state index in [1.807, 2.05) is 43.3 Å². The maximum atomic E-state index is 12.7. The molecular weight excluding hydrogens is 260 g/mol. The van der Waals surface area contributed by atoms with Gasteiger partial charge in [-0.1, -0.05) is 69.3 Å². The van der Waals surface area contributed by atoms with Gasteiger partial charge in [0.2, 0.25) is 0 Å². The topological polar surface area (TPSA) is 37.3 Å². The quantitative estimate of drug-likeness (QED) is 0.910. The first-order valence-electron chi connectivity index (χ1n) is 7.58. The molecule has 112 valence electrons. The molecule has 0 aliphatic heterocycles. The second-order valence-corrected chi connectivity index (χ2v) is 6.23. The third kappa shape index (κ3) is 2.49. The highest BCUT2D eigenvalue weighted by atomic mass is 16.3. The summed E-state index contributed by atoms with van der Waals surface area (Å²) in [4.78, 5) is 12.7. The van der Waals surface area contributed by atoms with Gasteiger partial charge in [0.25, 0.3) is 0 Å². The van der Waals surface area contributed by atoms with Crippen molar-refractivity contribution in [2.24, 2.45) is 0 Å². The smallest absolute Gasteiger partial charge is 0.150 e. The van der Waals surface area contributed by atoms with Crippen molar-refractivity contribution in [3.05, 3.63) is 59.7 Å². The number of carbonyl (C=O) groups excluding carboxylic acids is 1. The Morgan fingerprint density at radius 3 is 2.19 bits per heavy atom. The Morgan fingerprint density at radius 2 is 1.71 bits per heavy atom. The van der Waals surface area contributed by atoms with Crippen molar-refractivity contribution in [2.75, 3.05) is 0 Å². The summed E-state index contributed by atoms with van der Waals surface area (Å²) in [7, 11) is 0. The van der Waals surface area contributed by atoms with Crippen LogP contribution in [0.4, 0.5) is 0 Å². The number of hydrogen-bond donors (Lipinski definition) is 1. The minimum atomic E-state index is -1.21. The van der Waals surface area contributed by atoms with E-state index in [0.29, 0.717) is 12.3 Å². The van der Waals surface area contributed by atoms with E-state index in [9.17, 15) is 9.90 Å². The number of Topliss-reactive ketones (excluding diaryl/α,β-unsaturated/α-hetero) is 1. The Hall–Kier alpha value is -1.67.